The molecule has 1 fully saturated rings. The highest BCUT2D eigenvalue weighted by molar-refractivity contribution is 4.92. The highest BCUT2D eigenvalue weighted by Gasteiger charge is 2.43. The summed E-state index contributed by atoms with van der Waals surface area (Å²) in [6.07, 6.45) is -4.46. The summed E-state index contributed by atoms with van der Waals surface area (Å²) in [6.45, 7) is -0.309. The zero-order valence-corrected chi connectivity index (χ0v) is 8.17. The molecule has 1 aliphatic heterocycles. The summed E-state index contributed by atoms with van der Waals surface area (Å²) in [6, 6.07) is 1.05. The summed E-state index contributed by atoms with van der Waals surface area (Å²) in [7, 11) is 0. The van der Waals surface area contributed by atoms with Crippen LogP contribution in [0.15, 0.2) is 21.9 Å². The number of halogens is 1. The molecule has 1 aromatic heterocycles. The molecule has 0 saturated carbocycles. The monoisotopic (exact) mass is 231 g/mol. The topological polar surface area (TPSA) is 84.3 Å². The zero-order valence-electron chi connectivity index (χ0n) is 9.17. The molecular weight excluding hydrogens is 219 g/mol. The van der Waals surface area contributed by atoms with Crippen LogP contribution in [0.25, 0.3) is 0 Å². The van der Waals surface area contributed by atoms with Gasteiger partial charge in [0.05, 0.1) is 6.10 Å². The standard InChI is InChI=1S/C9H11FN2O4/c1-4-7(14)6(10)8(16-4)12-3-2-5(13)11-9(12)15/h2-4,6-8,14H,1H3,(H,11,13,15)/t4-,6+,7?,8-/m1/s1/i1D. The first-order valence-electron chi connectivity index (χ1n) is 5.33. The molecule has 6 nitrogen and oxygen atoms in total. The second-order valence-electron chi connectivity index (χ2n) is 3.52. The van der Waals surface area contributed by atoms with Crippen LogP contribution in [0, 0.1) is 0 Å². The van der Waals surface area contributed by atoms with Gasteiger partial charge in [0.25, 0.3) is 5.56 Å². The van der Waals surface area contributed by atoms with Crippen LogP contribution in [0.5, 0.6) is 0 Å². The van der Waals surface area contributed by atoms with E-state index in [9.17, 15) is 19.1 Å². The molecule has 4 atom stereocenters. The van der Waals surface area contributed by atoms with Crippen molar-refractivity contribution in [3.05, 3.63) is 33.1 Å². The molecule has 16 heavy (non-hydrogen) atoms. The third kappa shape index (κ3) is 1.68. The lowest BCUT2D eigenvalue weighted by atomic mass is 10.2. The summed E-state index contributed by atoms with van der Waals surface area (Å²) in [5.74, 6) is 0. The fourth-order valence-electron chi connectivity index (χ4n) is 1.56. The van der Waals surface area contributed by atoms with Crippen molar-refractivity contribution in [1.29, 1.82) is 0 Å². The average Bonchev–Trinajstić information content (AvgIpc) is 2.57. The Morgan fingerprint density at radius 3 is 3.00 bits per heavy atom. The van der Waals surface area contributed by atoms with E-state index in [1.807, 2.05) is 4.98 Å². The molecule has 7 heteroatoms. The number of alkyl halides is 1. The van der Waals surface area contributed by atoms with Gasteiger partial charge in [0, 0.05) is 13.6 Å². The predicted molar refractivity (Wildman–Crippen MR) is 51.8 cm³/mol. The summed E-state index contributed by atoms with van der Waals surface area (Å²) in [5.41, 5.74) is -1.42. The van der Waals surface area contributed by atoms with Gasteiger partial charge in [-0.1, -0.05) is 0 Å². The number of aliphatic hydroxyl groups excluding tert-OH is 1. The molecule has 0 radical (unpaired) electrons. The summed E-state index contributed by atoms with van der Waals surface area (Å²) >= 11 is 0. The fraction of sp³-hybridized carbons (Fsp3) is 0.556. The number of aromatic amines is 1. The van der Waals surface area contributed by atoms with Crippen molar-refractivity contribution in [3.8, 4) is 0 Å². The zero-order chi connectivity index (χ0) is 12.6. The molecule has 0 amide bonds. The van der Waals surface area contributed by atoms with Crippen molar-refractivity contribution in [2.75, 3.05) is 0 Å². The SMILES string of the molecule is [2H]C[C@H]1O[C@@H](n2ccc(=O)[nH]c2=O)[C@@H](F)C1O. The molecule has 2 rings (SSSR count). The smallest absolute Gasteiger partial charge is 0.330 e. The second kappa shape index (κ2) is 3.84. The predicted octanol–water partition coefficient (Wildman–Crippen LogP) is -0.847. The molecular formula is C9H11FN2O4. The molecule has 0 aromatic carbocycles. The van der Waals surface area contributed by atoms with Crippen LogP contribution < -0.4 is 11.2 Å². The average molecular weight is 231 g/mol. The summed E-state index contributed by atoms with van der Waals surface area (Å²) in [4.78, 5) is 24.2. The van der Waals surface area contributed by atoms with Crippen LogP contribution in [0.1, 0.15) is 14.5 Å². The molecule has 1 unspecified atom stereocenters. The third-order valence-electron chi connectivity index (χ3n) is 2.42. The number of hydrogen-bond acceptors (Lipinski definition) is 4. The van der Waals surface area contributed by atoms with Gasteiger partial charge in [-0.15, -0.1) is 0 Å². The van der Waals surface area contributed by atoms with Crippen molar-refractivity contribution in [3.63, 3.8) is 0 Å². The summed E-state index contributed by atoms with van der Waals surface area (Å²) < 4.78 is 26.7. The molecule has 2 heterocycles. The molecule has 1 aliphatic rings. The number of hydrogen-bond donors (Lipinski definition) is 2. The Hall–Kier alpha value is -1.47. The Morgan fingerprint density at radius 1 is 1.69 bits per heavy atom. The van der Waals surface area contributed by atoms with Crippen LogP contribution in [-0.2, 0) is 4.74 Å². The van der Waals surface area contributed by atoms with Gasteiger partial charge in [-0.3, -0.25) is 14.3 Å². The van der Waals surface area contributed by atoms with Crippen molar-refractivity contribution < 1.29 is 15.6 Å². The number of nitrogens with zero attached hydrogens (tertiary/aromatic N) is 1. The normalized spacial score (nSPS) is 35.0. The first-order valence-corrected chi connectivity index (χ1v) is 4.63. The van der Waals surface area contributed by atoms with E-state index >= 15 is 0 Å². The quantitative estimate of drug-likeness (QED) is 0.659. The number of rotatable bonds is 1. The van der Waals surface area contributed by atoms with E-state index in [0.717, 1.165) is 16.8 Å². The summed E-state index contributed by atoms with van der Waals surface area (Å²) in [5, 5.41) is 9.43. The molecule has 1 aromatic rings. The number of aromatic nitrogens is 2. The Bertz CT molecular complexity index is 516. The second-order valence-corrected chi connectivity index (χ2v) is 3.52. The number of H-pyrrole nitrogens is 1. The van der Waals surface area contributed by atoms with Crippen molar-refractivity contribution in [2.45, 2.75) is 31.5 Å². The molecule has 1 saturated heterocycles. The molecule has 0 spiro atoms. The molecule has 0 bridgehead atoms. The Kier molecular flexibility index (Phi) is 2.33. The maximum absolute atomic E-state index is 13.7. The Morgan fingerprint density at radius 2 is 2.44 bits per heavy atom. The van der Waals surface area contributed by atoms with Crippen molar-refractivity contribution >= 4 is 0 Å². The Labute approximate surface area is 90.7 Å². The minimum Gasteiger partial charge on any atom is -0.387 e. The fourth-order valence-corrected chi connectivity index (χ4v) is 1.56. The molecule has 0 aliphatic carbocycles. The third-order valence-corrected chi connectivity index (χ3v) is 2.42. The maximum Gasteiger partial charge on any atom is 0.330 e. The number of nitrogens with one attached hydrogen (secondary N) is 1. The minimum atomic E-state index is -1.81. The first kappa shape index (κ1) is 9.73. The van der Waals surface area contributed by atoms with Crippen LogP contribution in [0.2, 0.25) is 0 Å². The van der Waals surface area contributed by atoms with Gasteiger partial charge in [0.1, 0.15) is 6.10 Å². The van der Waals surface area contributed by atoms with E-state index in [-0.39, 0.29) is 6.90 Å². The number of ether oxygens (including phenoxy) is 1. The largest absolute Gasteiger partial charge is 0.387 e. The van der Waals surface area contributed by atoms with E-state index < -0.39 is 35.9 Å². The van der Waals surface area contributed by atoms with Crippen LogP contribution >= 0.6 is 0 Å². The van der Waals surface area contributed by atoms with E-state index in [1.165, 1.54) is 0 Å². The van der Waals surface area contributed by atoms with Crippen LogP contribution in [0.4, 0.5) is 4.39 Å². The minimum absolute atomic E-state index is 0.309. The first-order chi connectivity index (χ1) is 8.04. The lowest BCUT2D eigenvalue weighted by Gasteiger charge is -2.14. The lowest BCUT2D eigenvalue weighted by Crippen LogP contribution is -2.35. The van der Waals surface area contributed by atoms with Crippen molar-refractivity contribution in [2.24, 2.45) is 0 Å². The van der Waals surface area contributed by atoms with Gasteiger partial charge in [-0.05, 0) is 6.90 Å². The highest BCUT2D eigenvalue weighted by Crippen LogP contribution is 2.30. The van der Waals surface area contributed by atoms with Crippen LogP contribution in [0.3, 0.4) is 0 Å². The van der Waals surface area contributed by atoms with Crippen molar-refractivity contribution in [1.82, 2.24) is 9.55 Å². The van der Waals surface area contributed by atoms with E-state index in [0.29, 0.717) is 0 Å². The maximum atomic E-state index is 13.7. The highest BCUT2D eigenvalue weighted by atomic mass is 19.1. The van der Waals surface area contributed by atoms with Gasteiger partial charge in [-0.2, -0.15) is 0 Å². The van der Waals surface area contributed by atoms with Gasteiger partial charge in [0.2, 0.25) is 0 Å². The Balaban J connectivity index is 2.35. The van der Waals surface area contributed by atoms with Gasteiger partial charge < -0.3 is 9.84 Å². The lowest BCUT2D eigenvalue weighted by molar-refractivity contribution is -0.0185. The van der Waals surface area contributed by atoms with E-state index in [2.05, 4.69) is 0 Å². The van der Waals surface area contributed by atoms with Gasteiger partial charge in [-0.25, -0.2) is 9.18 Å². The molecule has 2 N–H and O–H groups in total. The van der Waals surface area contributed by atoms with Crippen LogP contribution in [-0.4, -0.2) is 33.0 Å². The number of aliphatic hydroxyl groups is 1. The van der Waals surface area contributed by atoms with Gasteiger partial charge >= 0.3 is 5.69 Å². The van der Waals surface area contributed by atoms with E-state index in [4.69, 9.17) is 6.11 Å². The molecule has 88 valence electrons. The van der Waals surface area contributed by atoms with E-state index in [1.54, 1.807) is 0 Å². The van der Waals surface area contributed by atoms with Gasteiger partial charge in [0.15, 0.2) is 12.4 Å².